The van der Waals surface area contributed by atoms with Crippen molar-refractivity contribution in [2.24, 2.45) is 0 Å². The molecule has 1 saturated carbocycles. The van der Waals surface area contributed by atoms with Gasteiger partial charge >= 0.3 is 0 Å². The van der Waals surface area contributed by atoms with Crippen molar-refractivity contribution in [2.45, 2.75) is 43.3 Å². The Hall–Kier alpha value is -0.710. The molecule has 0 bridgehead atoms. The molecule has 2 rings (SSSR count). The highest BCUT2D eigenvalue weighted by Crippen LogP contribution is 2.39. The van der Waals surface area contributed by atoms with Crippen molar-refractivity contribution >= 4 is 23.6 Å². The largest absolute Gasteiger partial charge is 0.347 e. The molecular formula is C13H22N2O2S. The number of amides is 2. The first-order valence-electron chi connectivity index (χ1n) is 6.75. The lowest BCUT2D eigenvalue weighted by Crippen LogP contribution is -2.46. The minimum absolute atomic E-state index is 0.00676. The maximum Gasteiger partial charge on any atom is 0.242 e. The van der Waals surface area contributed by atoms with Crippen molar-refractivity contribution in [3.63, 3.8) is 0 Å². The van der Waals surface area contributed by atoms with Crippen LogP contribution in [0.3, 0.4) is 0 Å². The summed E-state index contributed by atoms with van der Waals surface area (Å²) in [6, 6.07) is 0. The molecule has 0 aromatic rings. The summed E-state index contributed by atoms with van der Waals surface area (Å²) < 4.78 is 0.224. The second-order valence-corrected chi connectivity index (χ2v) is 6.56. The zero-order valence-corrected chi connectivity index (χ0v) is 11.9. The monoisotopic (exact) mass is 270 g/mol. The van der Waals surface area contributed by atoms with Gasteiger partial charge in [0, 0.05) is 24.3 Å². The molecule has 0 radical (unpaired) electrons. The molecule has 2 aliphatic rings. The van der Waals surface area contributed by atoms with Gasteiger partial charge in [-0.25, -0.2) is 0 Å². The highest BCUT2D eigenvalue weighted by Gasteiger charge is 2.35. The lowest BCUT2D eigenvalue weighted by Gasteiger charge is -2.39. The van der Waals surface area contributed by atoms with Gasteiger partial charge in [0.25, 0.3) is 0 Å². The van der Waals surface area contributed by atoms with E-state index in [9.17, 15) is 9.59 Å². The smallest absolute Gasteiger partial charge is 0.242 e. The molecule has 0 spiro atoms. The van der Waals surface area contributed by atoms with E-state index in [1.165, 1.54) is 32.1 Å². The van der Waals surface area contributed by atoms with Crippen LogP contribution < -0.4 is 5.32 Å². The predicted octanol–water partition coefficient (Wildman–Crippen LogP) is 1.40. The molecule has 102 valence electrons. The standard InChI is InChI=1S/C13H22N2O2S/c1-18-13(6-3-2-4-7-13)10-15-8-5-11(16)14-9-12(15)17/h2-10H2,1H3,(H,14,16). The molecule has 1 saturated heterocycles. The van der Waals surface area contributed by atoms with Crippen molar-refractivity contribution in [3.8, 4) is 0 Å². The molecule has 2 amide bonds. The average molecular weight is 270 g/mol. The van der Waals surface area contributed by atoms with Crippen LogP contribution in [0.15, 0.2) is 0 Å². The fraction of sp³-hybridized carbons (Fsp3) is 0.846. The summed E-state index contributed by atoms with van der Waals surface area (Å²) in [7, 11) is 0. The number of carbonyl (C=O) groups is 2. The fourth-order valence-corrected chi connectivity index (χ4v) is 3.86. The fourth-order valence-electron chi connectivity index (χ4n) is 2.87. The van der Waals surface area contributed by atoms with Crippen molar-refractivity contribution < 1.29 is 9.59 Å². The normalized spacial score (nSPS) is 24.6. The van der Waals surface area contributed by atoms with Gasteiger partial charge in [-0.15, -0.1) is 0 Å². The summed E-state index contributed by atoms with van der Waals surface area (Å²) in [5, 5.41) is 2.66. The van der Waals surface area contributed by atoms with Crippen LogP contribution in [-0.2, 0) is 9.59 Å². The van der Waals surface area contributed by atoms with Crippen LogP contribution in [-0.4, -0.2) is 47.4 Å². The van der Waals surface area contributed by atoms with E-state index in [0.717, 1.165) is 6.54 Å². The van der Waals surface area contributed by atoms with Crippen LogP contribution in [0.4, 0.5) is 0 Å². The maximum atomic E-state index is 12.0. The summed E-state index contributed by atoms with van der Waals surface area (Å²) in [5.41, 5.74) is 0. The molecule has 1 heterocycles. The third-order valence-corrected chi connectivity index (χ3v) is 5.48. The third kappa shape index (κ3) is 3.19. The van der Waals surface area contributed by atoms with Crippen LogP contribution in [0.5, 0.6) is 0 Å². The van der Waals surface area contributed by atoms with Gasteiger partial charge in [0.05, 0.1) is 6.54 Å². The summed E-state index contributed by atoms with van der Waals surface area (Å²) in [6.45, 7) is 1.55. The molecular weight excluding hydrogens is 248 g/mol. The molecule has 1 N–H and O–H groups in total. The Morgan fingerprint density at radius 1 is 1.28 bits per heavy atom. The average Bonchev–Trinajstić information content (AvgIpc) is 2.55. The Morgan fingerprint density at radius 3 is 2.67 bits per heavy atom. The molecule has 5 heteroatoms. The second kappa shape index (κ2) is 5.95. The van der Waals surface area contributed by atoms with E-state index in [0.29, 0.717) is 13.0 Å². The summed E-state index contributed by atoms with van der Waals surface area (Å²) >= 11 is 1.90. The first-order valence-corrected chi connectivity index (χ1v) is 7.97. The minimum Gasteiger partial charge on any atom is -0.347 e. The molecule has 4 nitrogen and oxygen atoms in total. The van der Waals surface area contributed by atoms with Gasteiger partial charge < -0.3 is 10.2 Å². The zero-order chi connectivity index (χ0) is 13.0. The van der Waals surface area contributed by atoms with Gasteiger partial charge in [0.2, 0.25) is 11.8 Å². The van der Waals surface area contributed by atoms with E-state index in [-0.39, 0.29) is 23.1 Å². The lowest BCUT2D eigenvalue weighted by molar-refractivity contribution is -0.130. The van der Waals surface area contributed by atoms with Gasteiger partial charge in [-0.1, -0.05) is 19.3 Å². The molecule has 0 aromatic carbocycles. The molecule has 18 heavy (non-hydrogen) atoms. The second-order valence-electron chi connectivity index (χ2n) is 5.29. The first-order chi connectivity index (χ1) is 8.65. The first kappa shape index (κ1) is 13.7. The molecule has 1 aliphatic heterocycles. The molecule has 0 atom stereocenters. The number of rotatable bonds is 3. The van der Waals surface area contributed by atoms with E-state index >= 15 is 0 Å². The van der Waals surface area contributed by atoms with Gasteiger partial charge in [-0.05, 0) is 19.1 Å². The van der Waals surface area contributed by atoms with Crippen LogP contribution in [0, 0.1) is 0 Å². The quantitative estimate of drug-likeness (QED) is 0.843. The Kier molecular flexibility index (Phi) is 4.54. The van der Waals surface area contributed by atoms with Crippen molar-refractivity contribution in [1.29, 1.82) is 0 Å². The maximum absolute atomic E-state index is 12.0. The topological polar surface area (TPSA) is 49.4 Å². The Balaban J connectivity index is 2.01. The zero-order valence-electron chi connectivity index (χ0n) is 11.0. The summed E-state index contributed by atoms with van der Waals surface area (Å²) in [6.07, 6.45) is 8.82. The van der Waals surface area contributed by atoms with Gasteiger partial charge in [-0.2, -0.15) is 11.8 Å². The number of thioether (sulfide) groups is 1. The Morgan fingerprint density at radius 2 is 2.00 bits per heavy atom. The van der Waals surface area contributed by atoms with Crippen LogP contribution in [0.1, 0.15) is 38.5 Å². The summed E-state index contributed by atoms with van der Waals surface area (Å²) in [5.74, 6) is 0.0625. The van der Waals surface area contributed by atoms with Gasteiger partial charge in [0.1, 0.15) is 0 Å². The molecule has 0 aromatic heterocycles. The van der Waals surface area contributed by atoms with E-state index in [2.05, 4.69) is 11.6 Å². The van der Waals surface area contributed by atoms with Crippen LogP contribution >= 0.6 is 11.8 Å². The van der Waals surface area contributed by atoms with E-state index in [1.807, 2.05) is 16.7 Å². The van der Waals surface area contributed by atoms with Gasteiger partial charge in [0.15, 0.2) is 0 Å². The van der Waals surface area contributed by atoms with Crippen molar-refractivity contribution in [1.82, 2.24) is 10.2 Å². The van der Waals surface area contributed by atoms with Crippen molar-refractivity contribution in [3.05, 3.63) is 0 Å². The van der Waals surface area contributed by atoms with Crippen LogP contribution in [0.25, 0.3) is 0 Å². The van der Waals surface area contributed by atoms with Gasteiger partial charge in [-0.3, -0.25) is 9.59 Å². The highest BCUT2D eigenvalue weighted by atomic mass is 32.2. The number of carbonyl (C=O) groups excluding carboxylic acids is 2. The number of hydrogen-bond acceptors (Lipinski definition) is 3. The Bertz CT molecular complexity index is 327. The molecule has 1 aliphatic carbocycles. The molecule has 2 fully saturated rings. The summed E-state index contributed by atoms with van der Waals surface area (Å²) in [4.78, 5) is 25.2. The predicted molar refractivity (Wildman–Crippen MR) is 73.5 cm³/mol. The minimum atomic E-state index is -0.00676. The van der Waals surface area contributed by atoms with E-state index in [4.69, 9.17) is 0 Å². The van der Waals surface area contributed by atoms with Crippen molar-refractivity contribution in [2.75, 3.05) is 25.9 Å². The number of nitrogens with zero attached hydrogens (tertiary/aromatic N) is 1. The van der Waals surface area contributed by atoms with Crippen LogP contribution in [0.2, 0.25) is 0 Å². The van der Waals surface area contributed by atoms with E-state index in [1.54, 1.807) is 0 Å². The number of nitrogens with one attached hydrogen (secondary N) is 1. The highest BCUT2D eigenvalue weighted by molar-refractivity contribution is 8.00. The Labute approximate surface area is 113 Å². The number of hydrogen-bond donors (Lipinski definition) is 1. The third-order valence-electron chi connectivity index (χ3n) is 4.08. The lowest BCUT2D eigenvalue weighted by atomic mass is 9.87. The SMILES string of the molecule is CSC1(CN2CCC(=O)NCC2=O)CCCCC1. The molecule has 0 unspecified atom stereocenters. The van der Waals surface area contributed by atoms with E-state index < -0.39 is 0 Å².